The molecule has 0 radical (unpaired) electrons. The summed E-state index contributed by atoms with van der Waals surface area (Å²) in [5.41, 5.74) is 0.890. The van der Waals surface area contributed by atoms with Gasteiger partial charge in [-0.1, -0.05) is 49.2 Å². The first-order chi connectivity index (χ1) is 13.9. The van der Waals surface area contributed by atoms with Gasteiger partial charge in [-0.15, -0.1) is 0 Å². The van der Waals surface area contributed by atoms with E-state index in [9.17, 15) is 18.0 Å². The van der Waals surface area contributed by atoms with E-state index in [1.165, 1.54) is 24.3 Å². The predicted octanol–water partition coefficient (Wildman–Crippen LogP) is 2.38. The normalized spacial score (nSPS) is 14.5. The van der Waals surface area contributed by atoms with E-state index >= 15 is 0 Å². The van der Waals surface area contributed by atoms with Crippen LogP contribution in [0.15, 0.2) is 59.5 Å². The van der Waals surface area contributed by atoms with Crippen LogP contribution in [-0.4, -0.2) is 32.9 Å². The number of amides is 1. The summed E-state index contributed by atoms with van der Waals surface area (Å²) in [7, 11) is -3.80. The molecule has 0 bridgehead atoms. The van der Waals surface area contributed by atoms with Crippen LogP contribution in [0.5, 0.6) is 0 Å². The standard InChI is InChI=1S/C21H24N2O5S/c24-20(23-18-10-4-5-11-18)15-28-21(25)17-9-6-12-19(13-17)29(26,27)22-14-16-7-2-1-3-8-16/h1-3,6-9,12-13,18,22H,4-5,10-11,14-15H2,(H,23,24). The molecular formula is C21H24N2O5S. The lowest BCUT2D eigenvalue weighted by Gasteiger charge is -2.12. The fraction of sp³-hybridized carbons (Fsp3) is 0.333. The van der Waals surface area contributed by atoms with Crippen molar-refractivity contribution < 1.29 is 22.7 Å². The average molecular weight is 416 g/mol. The van der Waals surface area contributed by atoms with E-state index in [-0.39, 0.29) is 29.0 Å². The SMILES string of the molecule is O=C(COC(=O)c1cccc(S(=O)(=O)NCc2ccccc2)c1)NC1CCCC1. The number of hydrogen-bond acceptors (Lipinski definition) is 5. The number of sulfonamides is 1. The van der Waals surface area contributed by atoms with E-state index in [4.69, 9.17) is 4.74 Å². The number of hydrogen-bond donors (Lipinski definition) is 2. The van der Waals surface area contributed by atoms with Crippen LogP contribution in [0.2, 0.25) is 0 Å². The van der Waals surface area contributed by atoms with E-state index in [2.05, 4.69) is 10.0 Å². The maximum Gasteiger partial charge on any atom is 0.338 e. The number of benzene rings is 2. The molecule has 154 valence electrons. The maximum absolute atomic E-state index is 12.5. The second kappa shape index (κ2) is 9.67. The van der Waals surface area contributed by atoms with Crippen molar-refractivity contribution in [2.24, 2.45) is 0 Å². The lowest BCUT2D eigenvalue weighted by molar-refractivity contribution is -0.124. The highest BCUT2D eigenvalue weighted by Crippen LogP contribution is 2.17. The molecule has 0 aromatic heterocycles. The fourth-order valence-corrected chi connectivity index (χ4v) is 4.26. The van der Waals surface area contributed by atoms with Crippen LogP contribution in [-0.2, 0) is 26.1 Å². The number of carbonyl (C=O) groups excluding carboxylic acids is 2. The minimum Gasteiger partial charge on any atom is -0.452 e. The van der Waals surface area contributed by atoms with E-state index in [1.54, 1.807) is 0 Å². The summed E-state index contributed by atoms with van der Waals surface area (Å²) in [5, 5.41) is 2.83. The molecular weight excluding hydrogens is 392 g/mol. The molecule has 1 saturated carbocycles. The molecule has 0 saturated heterocycles. The molecule has 0 spiro atoms. The molecule has 2 N–H and O–H groups in total. The lowest BCUT2D eigenvalue weighted by atomic mass is 10.2. The van der Waals surface area contributed by atoms with Gasteiger partial charge in [-0.3, -0.25) is 4.79 Å². The van der Waals surface area contributed by atoms with Gasteiger partial charge in [-0.2, -0.15) is 0 Å². The van der Waals surface area contributed by atoms with Crippen molar-refractivity contribution in [2.75, 3.05) is 6.61 Å². The predicted molar refractivity (Wildman–Crippen MR) is 108 cm³/mol. The van der Waals surface area contributed by atoms with Crippen molar-refractivity contribution in [3.63, 3.8) is 0 Å². The fourth-order valence-electron chi connectivity index (χ4n) is 3.20. The van der Waals surface area contributed by atoms with Crippen LogP contribution in [0.4, 0.5) is 0 Å². The number of carbonyl (C=O) groups is 2. The van der Waals surface area contributed by atoms with E-state index < -0.39 is 22.6 Å². The number of esters is 1. The summed E-state index contributed by atoms with van der Waals surface area (Å²) >= 11 is 0. The first-order valence-electron chi connectivity index (χ1n) is 9.54. The van der Waals surface area contributed by atoms with Crippen molar-refractivity contribution in [3.05, 3.63) is 65.7 Å². The molecule has 1 aliphatic carbocycles. The maximum atomic E-state index is 12.5. The quantitative estimate of drug-likeness (QED) is 0.644. The molecule has 3 rings (SSSR count). The summed E-state index contributed by atoms with van der Waals surface area (Å²) < 4.78 is 32.6. The van der Waals surface area contributed by atoms with Crippen molar-refractivity contribution >= 4 is 21.9 Å². The Kier molecular flexibility index (Phi) is 7.00. The second-order valence-electron chi connectivity index (χ2n) is 6.96. The van der Waals surface area contributed by atoms with Gasteiger partial charge in [0.05, 0.1) is 10.5 Å². The van der Waals surface area contributed by atoms with Gasteiger partial charge >= 0.3 is 5.97 Å². The molecule has 1 aliphatic rings. The molecule has 1 fully saturated rings. The minimum atomic E-state index is -3.80. The third-order valence-electron chi connectivity index (χ3n) is 4.74. The largest absolute Gasteiger partial charge is 0.452 e. The highest BCUT2D eigenvalue weighted by Gasteiger charge is 2.19. The van der Waals surface area contributed by atoms with Crippen LogP contribution in [0.1, 0.15) is 41.6 Å². The average Bonchev–Trinajstić information content (AvgIpc) is 3.24. The Morgan fingerprint density at radius 1 is 1.00 bits per heavy atom. The Hall–Kier alpha value is -2.71. The van der Waals surface area contributed by atoms with Gasteiger partial charge in [0, 0.05) is 12.6 Å². The monoisotopic (exact) mass is 416 g/mol. The highest BCUT2D eigenvalue weighted by atomic mass is 32.2. The lowest BCUT2D eigenvalue weighted by Crippen LogP contribution is -2.35. The van der Waals surface area contributed by atoms with Gasteiger partial charge < -0.3 is 10.1 Å². The topological polar surface area (TPSA) is 102 Å². The summed E-state index contributed by atoms with van der Waals surface area (Å²) in [4.78, 5) is 24.1. The van der Waals surface area contributed by atoms with Crippen molar-refractivity contribution in [1.29, 1.82) is 0 Å². The highest BCUT2D eigenvalue weighted by molar-refractivity contribution is 7.89. The molecule has 0 aliphatic heterocycles. The van der Waals surface area contributed by atoms with Gasteiger partial charge in [-0.05, 0) is 36.6 Å². The molecule has 7 nitrogen and oxygen atoms in total. The third-order valence-corrected chi connectivity index (χ3v) is 6.14. The Balaban J connectivity index is 1.57. The van der Waals surface area contributed by atoms with E-state index in [0.29, 0.717) is 0 Å². The smallest absolute Gasteiger partial charge is 0.338 e. The molecule has 2 aromatic rings. The molecule has 0 unspecified atom stereocenters. The van der Waals surface area contributed by atoms with Crippen LogP contribution < -0.4 is 10.0 Å². The number of nitrogens with one attached hydrogen (secondary N) is 2. The summed E-state index contributed by atoms with van der Waals surface area (Å²) in [6.45, 7) is -0.252. The zero-order chi connectivity index (χ0) is 20.7. The molecule has 1 amide bonds. The number of rotatable bonds is 8. The van der Waals surface area contributed by atoms with Crippen LogP contribution in [0.25, 0.3) is 0 Å². The van der Waals surface area contributed by atoms with Gasteiger partial charge in [0.1, 0.15) is 0 Å². The molecule has 8 heteroatoms. The van der Waals surface area contributed by atoms with Crippen LogP contribution in [0, 0.1) is 0 Å². The zero-order valence-corrected chi connectivity index (χ0v) is 16.8. The van der Waals surface area contributed by atoms with Gasteiger partial charge in [0.25, 0.3) is 5.91 Å². The number of ether oxygens (including phenoxy) is 1. The first kappa shape index (κ1) is 21.0. The second-order valence-corrected chi connectivity index (χ2v) is 8.73. The summed E-state index contributed by atoms with van der Waals surface area (Å²) in [5.74, 6) is -1.09. The van der Waals surface area contributed by atoms with Gasteiger partial charge in [-0.25, -0.2) is 17.9 Å². The Bertz CT molecular complexity index is 954. The Labute approximate surface area is 170 Å². The summed E-state index contributed by atoms with van der Waals surface area (Å²) in [6.07, 6.45) is 4.06. The molecule has 0 heterocycles. The van der Waals surface area contributed by atoms with Crippen molar-refractivity contribution in [3.8, 4) is 0 Å². The van der Waals surface area contributed by atoms with Gasteiger partial charge in [0.2, 0.25) is 10.0 Å². The van der Waals surface area contributed by atoms with E-state index in [1.807, 2.05) is 30.3 Å². The first-order valence-corrected chi connectivity index (χ1v) is 11.0. The van der Waals surface area contributed by atoms with Crippen LogP contribution in [0.3, 0.4) is 0 Å². The minimum absolute atomic E-state index is 0.0433. The van der Waals surface area contributed by atoms with E-state index in [0.717, 1.165) is 31.2 Å². The third kappa shape index (κ3) is 6.13. The van der Waals surface area contributed by atoms with Crippen molar-refractivity contribution in [2.45, 2.75) is 43.2 Å². The summed E-state index contributed by atoms with van der Waals surface area (Å²) in [6, 6.07) is 14.8. The molecule has 29 heavy (non-hydrogen) atoms. The van der Waals surface area contributed by atoms with Crippen LogP contribution >= 0.6 is 0 Å². The zero-order valence-electron chi connectivity index (χ0n) is 16.0. The molecule has 2 aromatic carbocycles. The Morgan fingerprint density at radius 3 is 2.45 bits per heavy atom. The van der Waals surface area contributed by atoms with Crippen molar-refractivity contribution in [1.82, 2.24) is 10.0 Å². The molecule has 0 atom stereocenters. The Morgan fingerprint density at radius 2 is 1.72 bits per heavy atom. The van der Waals surface area contributed by atoms with Gasteiger partial charge in [0.15, 0.2) is 6.61 Å².